The second-order valence-corrected chi connectivity index (χ2v) is 4.18. The lowest BCUT2D eigenvalue weighted by atomic mass is 10.0. The molecule has 0 atom stereocenters. The smallest absolute Gasteiger partial charge is 0.377 e. The lowest BCUT2D eigenvalue weighted by Gasteiger charge is -2.04. The lowest BCUT2D eigenvalue weighted by Crippen LogP contribution is -2.15. The molecule has 0 spiro atoms. The van der Waals surface area contributed by atoms with Crippen LogP contribution in [0.5, 0.6) is 0 Å². The summed E-state index contributed by atoms with van der Waals surface area (Å²) >= 11 is 0. The molecule has 2 heterocycles. The Hall–Kier alpha value is -2.11. The number of carbonyl (C=O) groups is 3. The average Bonchev–Trinajstić information content (AvgIpc) is 2.86. The zero-order valence-electron chi connectivity index (χ0n) is 10.1. The number of ketones is 1. The summed E-state index contributed by atoms with van der Waals surface area (Å²) in [6.07, 6.45) is 1.39. The molecule has 6 heteroatoms. The van der Waals surface area contributed by atoms with Crippen LogP contribution < -0.4 is 0 Å². The van der Waals surface area contributed by atoms with E-state index < -0.39 is 17.7 Å². The molecular weight excluding hydrogens is 238 g/mol. The Morgan fingerprint density at radius 3 is 2.56 bits per heavy atom. The number of ether oxygens (including phenoxy) is 1. The first-order valence-electron chi connectivity index (χ1n) is 5.57. The maximum Gasteiger partial charge on any atom is 0.377 e. The summed E-state index contributed by atoms with van der Waals surface area (Å²) in [4.78, 5) is 34.2. The first-order valence-corrected chi connectivity index (χ1v) is 5.57. The molecule has 0 fully saturated rings. The first kappa shape index (κ1) is 12.3. The number of Topliss-reactive ketones (excluding diaryl/α,β-unsaturated/α-hetero) is 1. The van der Waals surface area contributed by atoms with Crippen molar-refractivity contribution < 1.29 is 24.2 Å². The van der Waals surface area contributed by atoms with E-state index in [9.17, 15) is 14.4 Å². The third kappa shape index (κ3) is 1.61. The molecule has 0 saturated carbocycles. The van der Waals surface area contributed by atoms with E-state index in [-0.39, 0.29) is 11.3 Å². The number of carboxylic acid groups (broad SMARTS) is 1. The van der Waals surface area contributed by atoms with E-state index in [2.05, 4.69) is 4.74 Å². The number of hydrogen-bond acceptors (Lipinski definition) is 4. The zero-order chi connectivity index (χ0) is 13.4. The van der Waals surface area contributed by atoms with E-state index >= 15 is 0 Å². The molecule has 0 unspecified atom stereocenters. The summed E-state index contributed by atoms with van der Waals surface area (Å²) in [7, 11) is 1.26. The molecule has 6 nitrogen and oxygen atoms in total. The highest BCUT2D eigenvalue weighted by atomic mass is 16.5. The molecule has 1 aromatic heterocycles. The molecule has 1 aromatic rings. The third-order valence-corrected chi connectivity index (χ3v) is 3.21. The van der Waals surface area contributed by atoms with Gasteiger partial charge in [-0.3, -0.25) is 4.79 Å². The van der Waals surface area contributed by atoms with Crippen molar-refractivity contribution in [1.29, 1.82) is 0 Å². The van der Waals surface area contributed by atoms with Crippen molar-refractivity contribution in [3.05, 3.63) is 22.5 Å². The Morgan fingerprint density at radius 1 is 1.33 bits per heavy atom. The van der Waals surface area contributed by atoms with E-state index in [0.29, 0.717) is 24.2 Å². The molecular formula is C12H13NO5. The predicted octanol–water partition coefficient (Wildman–Crippen LogP) is 0.797. The summed E-state index contributed by atoms with van der Waals surface area (Å²) in [5.41, 5.74) is 1.44. The van der Waals surface area contributed by atoms with Gasteiger partial charge in [-0.2, -0.15) is 0 Å². The fourth-order valence-corrected chi connectivity index (χ4v) is 2.49. The summed E-state index contributed by atoms with van der Waals surface area (Å²) < 4.78 is 6.37. The van der Waals surface area contributed by atoms with E-state index in [1.54, 1.807) is 11.5 Å². The van der Waals surface area contributed by atoms with Gasteiger partial charge in [-0.1, -0.05) is 0 Å². The largest absolute Gasteiger partial charge is 0.475 e. The average molecular weight is 251 g/mol. The quantitative estimate of drug-likeness (QED) is 0.488. The van der Waals surface area contributed by atoms with Crippen molar-refractivity contribution in [2.75, 3.05) is 7.11 Å². The van der Waals surface area contributed by atoms with Gasteiger partial charge in [-0.15, -0.1) is 0 Å². The van der Waals surface area contributed by atoms with E-state index in [4.69, 9.17) is 5.11 Å². The normalized spacial score (nSPS) is 13.2. The minimum Gasteiger partial charge on any atom is -0.475 e. The Balaban J connectivity index is 2.66. The van der Waals surface area contributed by atoms with E-state index in [1.165, 1.54) is 7.11 Å². The Kier molecular flexibility index (Phi) is 2.94. The molecule has 18 heavy (non-hydrogen) atoms. The highest BCUT2D eigenvalue weighted by molar-refractivity contribution is 6.40. The molecule has 0 radical (unpaired) electrons. The van der Waals surface area contributed by atoms with Gasteiger partial charge in [0.1, 0.15) is 5.69 Å². The van der Waals surface area contributed by atoms with Gasteiger partial charge < -0.3 is 14.4 Å². The number of nitrogens with zero attached hydrogens (tertiary/aromatic N) is 1. The number of fused-ring (bicyclic) bond motifs is 1. The van der Waals surface area contributed by atoms with Crippen LogP contribution in [-0.2, 0) is 22.5 Å². The molecule has 1 aliphatic rings. The van der Waals surface area contributed by atoms with Crippen molar-refractivity contribution >= 4 is 17.7 Å². The number of carboxylic acids is 1. The van der Waals surface area contributed by atoms with Crippen molar-refractivity contribution in [2.45, 2.75) is 26.3 Å². The maximum absolute atomic E-state index is 11.7. The molecule has 2 rings (SSSR count). The lowest BCUT2D eigenvalue weighted by molar-refractivity contribution is -0.131. The van der Waals surface area contributed by atoms with Crippen molar-refractivity contribution in [3.63, 3.8) is 0 Å². The van der Waals surface area contributed by atoms with Gasteiger partial charge in [0.25, 0.3) is 5.78 Å². The fraction of sp³-hybridized carbons (Fsp3) is 0.417. The molecule has 96 valence electrons. The Morgan fingerprint density at radius 2 is 2.00 bits per heavy atom. The minimum atomic E-state index is -1.50. The maximum atomic E-state index is 11.7. The molecule has 0 saturated heterocycles. The topological polar surface area (TPSA) is 85.6 Å². The number of aliphatic carboxylic acids is 1. The SMILES string of the molecule is COC(=O)c1c(C)c(C(=O)C(=O)O)c2n1CCC2. The van der Waals surface area contributed by atoms with Gasteiger partial charge in [-0.25, -0.2) is 9.59 Å². The Labute approximate surface area is 103 Å². The van der Waals surface area contributed by atoms with Gasteiger partial charge in [0, 0.05) is 12.2 Å². The number of aromatic nitrogens is 1. The third-order valence-electron chi connectivity index (χ3n) is 3.21. The number of hydrogen-bond donors (Lipinski definition) is 1. The summed E-state index contributed by atoms with van der Waals surface area (Å²) in [6.45, 7) is 2.18. The molecule has 0 aromatic carbocycles. The van der Waals surface area contributed by atoms with Crippen LogP contribution in [0.15, 0.2) is 0 Å². The number of rotatable bonds is 3. The van der Waals surface area contributed by atoms with Crippen LogP contribution >= 0.6 is 0 Å². The number of esters is 1. The molecule has 1 N–H and O–H groups in total. The van der Waals surface area contributed by atoms with Gasteiger partial charge in [-0.05, 0) is 25.3 Å². The van der Waals surface area contributed by atoms with Crippen LogP contribution in [0.3, 0.4) is 0 Å². The van der Waals surface area contributed by atoms with Crippen molar-refractivity contribution in [3.8, 4) is 0 Å². The van der Waals surface area contributed by atoms with Crippen LogP contribution in [0.4, 0.5) is 0 Å². The molecule has 1 aliphatic heterocycles. The molecule has 0 bridgehead atoms. The highest BCUT2D eigenvalue weighted by Crippen LogP contribution is 2.29. The van der Waals surface area contributed by atoms with Crippen molar-refractivity contribution in [1.82, 2.24) is 4.57 Å². The van der Waals surface area contributed by atoms with Crippen LogP contribution in [-0.4, -0.2) is 34.5 Å². The van der Waals surface area contributed by atoms with Gasteiger partial charge >= 0.3 is 11.9 Å². The van der Waals surface area contributed by atoms with Crippen LogP contribution in [0.1, 0.15) is 38.5 Å². The molecule has 0 amide bonds. The van der Waals surface area contributed by atoms with Gasteiger partial charge in [0.15, 0.2) is 0 Å². The van der Waals surface area contributed by atoms with Gasteiger partial charge in [0.05, 0.1) is 12.7 Å². The number of methoxy groups -OCH3 is 1. The van der Waals surface area contributed by atoms with Crippen LogP contribution in [0.2, 0.25) is 0 Å². The first-order chi connectivity index (χ1) is 8.49. The van der Waals surface area contributed by atoms with E-state index in [1.807, 2.05) is 0 Å². The van der Waals surface area contributed by atoms with E-state index in [0.717, 1.165) is 6.42 Å². The molecule has 0 aliphatic carbocycles. The predicted molar refractivity (Wildman–Crippen MR) is 60.8 cm³/mol. The summed E-state index contributed by atoms with van der Waals surface area (Å²) in [5.74, 6) is -3.01. The van der Waals surface area contributed by atoms with Crippen molar-refractivity contribution in [2.24, 2.45) is 0 Å². The monoisotopic (exact) mass is 251 g/mol. The highest BCUT2D eigenvalue weighted by Gasteiger charge is 2.33. The fourth-order valence-electron chi connectivity index (χ4n) is 2.49. The number of carbonyl (C=O) groups excluding carboxylic acids is 2. The summed E-state index contributed by atoms with van der Waals surface area (Å²) in [5, 5.41) is 8.82. The Bertz CT molecular complexity index is 555. The van der Waals surface area contributed by atoms with Gasteiger partial charge in [0.2, 0.25) is 0 Å². The summed E-state index contributed by atoms with van der Waals surface area (Å²) in [6, 6.07) is 0. The van der Waals surface area contributed by atoms with Crippen LogP contribution in [0, 0.1) is 6.92 Å². The second kappa shape index (κ2) is 4.29. The minimum absolute atomic E-state index is 0.139. The second-order valence-electron chi connectivity index (χ2n) is 4.18. The van der Waals surface area contributed by atoms with Crippen LogP contribution in [0.25, 0.3) is 0 Å². The standard InChI is InChI=1S/C12H13NO5/c1-6-8(10(14)11(15)16)7-4-3-5-13(7)9(6)12(17)18-2/h3-5H2,1-2H3,(H,15,16). The zero-order valence-corrected chi connectivity index (χ0v) is 10.1.